The molecule has 1 aliphatic rings. The Bertz CT molecular complexity index is 196. The Morgan fingerprint density at radius 1 is 1.46 bits per heavy atom. The lowest BCUT2D eigenvalue weighted by Gasteiger charge is -2.19. The van der Waals surface area contributed by atoms with E-state index in [1.54, 1.807) is 0 Å². The Labute approximate surface area is 79.6 Å². The van der Waals surface area contributed by atoms with Crippen LogP contribution in [0, 0.1) is 11.8 Å². The molecule has 2 N–H and O–H groups in total. The predicted molar refractivity (Wildman–Crippen MR) is 51.1 cm³/mol. The van der Waals surface area contributed by atoms with E-state index in [9.17, 15) is 4.79 Å². The van der Waals surface area contributed by atoms with Crippen LogP contribution < -0.4 is 5.73 Å². The standard InChI is InChI=1S/C10H19NO2/c1-10(2,3)13-9(12)5-7-4-8(7)6-11/h7-8H,4-6,11H2,1-3H3/t7-,8-/m0/s1. The van der Waals surface area contributed by atoms with Crippen molar-refractivity contribution in [2.75, 3.05) is 6.54 Å². The highest BCUT2D eigenvalue weighted by Gasteiger charge is 2.38. The molecular formula is C10H19NO2. The van der Waals surface area contributed by atoms with E-state index < -0.39 is 0 Å². The minimum absolute atomic E-state index is 0.0894. The van der Waals surface area contributed by atoms with Crippen molar-refractivity contribution in [2.24, 2.45) is 17.6 Å². The van der Waals surface area contributed by atoms with Crippen LogP contribution >= 0.6 is 0 Å². The maximum Gasteiger partial charge on any atom is 0.306 e. The number of nitrogens with two attached hydrogens (primary N) is 1. The molecule has 0 amide bonds. The van der Waals surface area contributed by atoms with E-state index in [2.05, 4.69) is 0 Å². The third-order valence-corrected chi connectivity index (χ3v) is 2.22. The molecule has 0 aromatic heterocycles. The number of hydrogen-bond acceptors (Lipinski definition) is 3. The molecule has 76 valence electrons. The van der Waals surface area contributed by atoms with Crippen LogP contribution in [0.2, 0.25) is 0 Å². The molecule has 0 aromatic carbocycles. The largest absolute Gasteiger partial charge is 0.460 e. The molecule has 0 saturated heterocycles. The van der Waals surface area contributed by atoms with Crippen LogP contribution in [-0.4, -0.2) is 18.1 Å². The average Bonchev–Trinajstić information content (AvgIpc) is 2.62. The molecule has 3 heteroatoms. The second kappa shape index (κ2) is 3.66. The average molecular weight is 185 g/mol. The van der Waals surface area contributed by atoms with Crippen LogP contribution in [0.25, 0.3) is 0 Å². The summed E-state index contributed by atoms with van der Waals surface area (Å²) in [6.45, 7) is 6.36. The minimum Gasteiger partial charge on any atom is -0.460 e. The van der Waals surface area contributed by atoms with Crippen molar-refractivity contribution < 1.29 is 9.53 Å². The van der Waals surface area contributed by atoms with Gasteiger partial charge in [0.05, 0.1) is 0 Å². The van der Waals surface area contributed by atoms with Gasteiger partial charge < -0.3 is 10.5 Å². The van der Waals surface area contributed by atoms with Gasteiger partial charge in [0, 0.05) is 6.42 Å². The molecule has 0 radical (unpaired) electrons. The lowest BCUT2D eigenvalue weighted by atomic mass is 10.2. The van der Waals surface area contributed by atoms with Crippen molar-refractivity contribution >= 4 is 5.97 Å². The van der Waals surface area contributed by atoms with Crippen molar-refractivity contribution in [1.29, 1.82) is 0 Å². The fourth-order valence-corrected chi connectivity index (χ4v) is 1.45. The second-order valence-electron chi connectivity index (χ2n) is 4.78. The molecule has 13 heavy (non-hydrogen) atoms. The zero-order valence-electron chi connectivity index (χ0n) is 8.67. The number of carbonyl (C=O) groups excluding carboxylic acids is 1. The fourth-order valence-electron chi connectivity index (χ4n) is 1.45. The highest BCUT2D eigenvalue weighted by atomic mass is 16.6. The quantitative estimate of drug-likeness (QED) is 0.674. The number of hydrogen-bond donors (Lipinski definition) is 1. The summed E-state index contributed by atoms with van der Waals surface area (Å²) >= 11 is 0. The van der Waals surface area contributed by atoms with Crippen molar-refractivity contribution in [3.63, 3.8) is 0 Å². The van der Waals surface area contributed by atoms with E-state index in [1.807, 2.05) is 20.8 Å². The number of carbonyl (C=O) groups is 1. The molecule has 1 rings (SSSR count). The van der Waals surface area contributed by atoms with Crippen LogP contribution in [0.3, 0.4) is 0 Å². The summed E-state index contributed by atoms with van der Waals surface area (Å²) in [5.41, 5.74) is 5.12. The van der Waals surface area contributed by atoms with E-state index >= 15 is 0 Å². The van der Waals surface area contributed by atoms with Crippen molar-refractivity contribution in [1.82, 2.24) is 0 Å². The van der Waals surface area contributed by atoms with Crippen molar-refractivity contribution in [3.8, 4) is 0 Å². The van der Waals surface area contributed by atoms with Crippen LogP contribution in [0.4, 0.5) is 0 Å². The topological polar surface area (TPSA) is 52.3 Å². The molecule has 0 spiro atoms. The monoisotopic (exact) mass is 185 g/mol. The first kappa shape index (κ1) is 10.5. The summed E-state index contributed by atoms with van der Waals surface area (Å²) in [6, 6.07) is 0. The zero-order chi connectivity index (χ0) is 10.1. The maximum atomic E-state index is 11.3. The zero-order valence-corrected chi connectivity index (χ0v) is 8.67. The summed E-state index contributed by atoms with van der Waals surface area (Å²) in [7, 11) is 0. The van der Waals surface area contributed by atoms with Crippen LogP contribution in [0.1, 0.15) is 33.6 Å². The second-order valence-corrected chi connectivity index (χ2v) is 4.78. The molecule has 0 heterocycles. The third kappa shape index (κ3) is 3.77. The lowest BCUT2D eigenvalue weighted by Crippen LogP contribution is -2.24. The summed E-state index contributed by atoms with van der Waals surface area (Å²) in [4.78, 5) is 11.3. The summed E-state index contributed by atoms with van der Waals surface area (Å²) < 4.78 is 5.20. The first-order valence-electron chi connectivity index (χ1n) is 4.84. The smallest absolute Gasteiger partial charge is 0.306 e. The summed E-state index contributed by atoms with van der Waals surface area (Å²) in [5, 5.41) is 0. The van der Waals surface area contributed by atoms with E-state index in [1.165, 1.54) is 0 Å². The Kier molecular flexibility index (Phi) is 2.96. The van der Waals surface area contributed by atoms with Gasteiger partial charge in [0.1, 0.15) is 5.60 Å². The molecule has 0 unspecified atom stereocenters. The Morgan fingerprint density at radius 3 is 2.46 bits per heavy atom. The van der Waals surface area contributed by atoms with Crippen molar-refractivity contribution in [3.05, 3.63) is 0 Å². The van der Waals surface area contributed by atoms with E-state index in [-0.39, 0.29) is 11.6 Å². The first-order chi connectivity index (χ1) is 5.92. The summed E-state index contributed by atoms with van der Waals surface area (Å²) in [6.07, 6.45) is 1.63. The van der Waals surface area contributed by atoms with Gasteiger partial charge in [-0.15, -0.1) is 0 Å². The Hall–Kier alpha value is -0.570. The SMILES string of the molecule is CC(C)(C)OC(=O)C[C@@H]1C[C@H]1CN. The normalized spacial score (nSPS) is 27.1. The molecule has 0 aliphatic heterocycles. The Balaban J connectivity index is 2.20. The molecule has 1 saturated carbocycles. The number of esters is 1. The highest BCUT2D eigenvalue weighted by Crippen LogP contribution is 2.40. The van der Waals surface area contributed by atoms with Gasteiger partial charge in [0.25, 0.3) is 0 Å². The predicted octanol–water partition coefficient (Wildman–Crippen LogP) is 1.31. The number of rotatable bonds is 3. The highest BCUT2D eigenvalue weighted by molar-refractivity contribution is 5.70. The molecule has 2 atom stereocenters. The summed E-state index contributed by atoms with van der Waals surface area (Å²) in [5.74, 6) is 0.959. The van der Waals surface area contributed by atoms with Gasteiger partial charge in [-0.25, -0.2) is 0 Å². The van der Waals surface area contributed by atoms with Gasteiger partial charge in [-0.1, -0.05) is 0 Å². The molecule has 1 aliphatic carbocycles. The van der Waals surface area contributed by atoms with Gasteiger partial charge in [-0.3, -0.25) is 4.79 Å². The fraction of sp³-hybridized carbons (Fsp3) is 0.900. The molecule has 0 bridgehead atoms. The van der Waals surface area contributed by atoms with E-state index in [0.29, 0.717) is 24.8 Å². The number of ether oxygens (including phenoxy) is 1. The first-order valence-corrected chi connectivity index (χ1v) is 4.84. The maximum absolute atomic E-state index is 11.3. The molecule has 3 nitrogen and oxygen atoms in total. The molecular weight excluding hydrogens is 166 g/mol. The van der Waals surface area contributed by atoms with Crippen LogP contribution in [-0.2, 0) is 9.53 Å². The van der Waals surface area contributed by atoms with Crippen LogP contribution in [0.5, 0.6) is 0 Å². The van der Waals surface area contributed by atoms with E-state index in [4.69, 9.17) is 10.5 Å². The lowest BCUT2D eigenvalue weighted by molar-refractivity contribution is -0.155. The van der Waals surface area contributed by atoms with Crippen molar-refractivity contribution in [2.45, 2.75) is 39.2 Å². The third-order valence-electron chi connectivity index (χ3n) is 2.22. The van der Waals surface area contributed by atoms with Gasteiger partial charge in [0.2, 0.25) is 0 Å². The van der Waals surface area contributed by atoms with Gasteiger partial charge in [0.15, 0.2) is 0 Å². The van der Waals surface area contributed by atoms with Gasteiger partial charge >= 0.3 is 5.97 Å². The van der Waals surface area contributed by atoms with E-state index in [0.717, 1.165) is 6.42 Å². The molecule has 0 aromatic rings. The van der Waals surface area contributed by atoms with Gasteiger partial charge in [-0.05, 0) is 45.6 Å². The molecule has 1 fully saturated rings. The van der Waals surface area contributed by atoms with Crippen LogP contribution in [0.15, 0.2) is 0 Å². The van der Waals surface area contributed by atoms with Gasteiger partial charge in [-0.2, -0.15) is 0 Å². The Morgan fingerprint density at radius 2 is 2.08 bits per heavy atom. The minimum atomic E-state index is -0.357.